The van der Waals surface area contributed by atoms with E-state index >= 15 is 0 Å². The van der Waals surface area contributed by atoms with Crippen LogP contribution in [0.3, 0.4) is 0 Å². The maximum absolute atomic E-state index is 11.8. The fourth-order valence-corrected chi connectivity index (χ4v) is 1.15. The smallest absolute Gasteiger partial charge is 0.411 e. The lowest BCUT2D eigenvalue weighted by molar-refractivity contribution is -0.156. The Balaban J connectivity index is 4.61. The highest BCUT2D eigenvalue weighted by Crippen LogP contribution is 2.11. The summed E-state index contributed by atoms with van der Waals surface area (Å²) in [5.41, 5.74) is -1.33. The van der Waals surface area contributed by atoms with Gasteiger partial charge in [0.25, 0.3) is 0 Å². The summed E-state index contributed by atoms with van der Waals surface area (Å²) in [5, 5.41) is 0. The standard InChI is InChI=1S/C13H23NO5/c1-12(2,3)18-10(16)9-14(7-8-15)11(17)19-13(4,5)6/h8H,7,9H2,1-6H3. The minimum atomic E-state index is -0.717. The molecule has 0 bridgehead atoms. The molecule has 0 saturated carbocycles. The van der Waals surface area contributed by atoms with Crippen molar-refractivity contribution in [2.45, 2.75) is 52.7 Å². The maximum Gasteiger partial charge on any atom is 0.411 e. The van der Waals surface area contributed by atoms with E-state index in [9.17, 15) is 14.4 Å². The van der Waals surface area contributed by atoms with Crippen LogP contribution in [0.4, 0.5) is 4.79 Å². The van der Waals surface area contributed by atoms with Gasteiger partial charge in [-0.25, -0.2) is 4.79 Å². The van der Waals surface area contributed by atoms with Crippen LogP contribution in [0.25, 0.3) is 0 Å². The molecule has 19 heavy (non-hydrogen) atoms. The fourth-order valence-electron chi connectivity index (χ4n) is 1.15. The monoisotopic (exact) mass is 273 g/mol. The Kier molecular flexibility index (Phi) is 5.99. The SMILES string of the molecule is CC(C)(C)OC(=O)CN(CC=O)C(=O)OC(C)(C)C. The highest BCUT2D eigenvalue weighted by atomic mass is 16.6. The Morgan fingerprint density at radius 3 is 1.84 bits per heavy atom. The zero-order chi connectivity index (χ0) is 15.3. The molecule has 0 fully saturated rings. The summed E-state index contributed by atoms with van der Waals surface area (Å²) in [7, 11) is 0. The summed E-state index contributed by atoms with van der Waals surface area (Å²) >= 11 is 0. The second kappa shape index (κ2) is 6.54. The quantitative estimate of drug-likeness (QED) is 0.576. The number of ether oxygens (including phenoxy) is 2. The van der Waals surface area contributed by atoms with Crippen molar-refractivity contribution in [3.63, 3.8) is 0 Å². The highest BCUT2D eigenvalue weighted by molar-refractivity contribution is 5.80. The number of carbonyl (C=O) groups is 3. The second-order valence-corrected chi connectivity index (χ2v) is 6.11. The molecule has 0 unspecified atom stereocenters. The Labute approximate surface area is 114 Å². The number of hydrogen-bond acceptors (Lipinski definition) is 5. The van der Waals surface area contributed by atoms with Gasteiger partial charge in [-0.2, -0.15) is 0 Å². The zero-order valence-electron chi connectivity index (χ0n) is 12.5. The van der Waals surface area contributed by atoms with Crippen LogP contribution in [0.1, 0.15) is 41.5 Å². The lowest BCUT2D eigenvalue weighted by atomic mass is 10.2. The van der Waals surface area contributed by atoms with Crippen molar-refractivity contribution in [2.24, 2.45) is 0 Å². The summed E-state index contributed by atoms with van der Waals surface area (Å²) in [4.78, 5) is 35.0. The van der Waals surface area contributed by atoms with Gasteiger partial charge in [-0.05, 0) is 41.5 Å². The van der Waals surface area contributed by atoms with Crippen molar-refractivity contribution in [1.29, 1.82) is 0 Å². The molecule has 0 aliphatic rings. The molecular formula is C13H23NO5. The first kappa shape index (κ1) is 17.4. The first-order valence-electron chi connectivity index (χ1n) is 6.08. The number of esters is 1. The predicted molar refractivity (Wildman–Crippen MR) is 69.7 cm³/mol. The van der Waals surface area contributed by atoms with Gasteiger partial charge in [-0.3, -0.25) is 9.69 Å². The highest BCUT2D eigenvalue weighted by Gasteiger charge is 2.25. The van der Waals surface area contributed by atoms with Gasteiger partial charge >= 0.3 is 12.1 Å². The Morgan fingerprint density at radius 2 is 1.47 bits per heavy atom. The van der Waals surface area contributed by atoms with E-state index < -0.39 is 23.3 Å². The van der Waals surface area contributed by atoms with E-state index in [1.807, 2.05) is 0 Å². The largest absolute Gasteiger partial charge is 0.459 e. The summed E-state index contributed by atoms with van der Waals surface area (Å²) < 4.78 is 10.2. The summed E-state index contributed by atoms with van der Waals surface area (Å²) in [6.07, 6.45) is -0.181. The van der Waals surface area contributed by atoms with Crippen molar-refractivity contribution in [3.05, 3.63) is 0 Å². The van der Waals surface area contributed by atoms with Crippen LogP contribution in [0.15, 0.2) is 0 Å². The van der Waals surface area contributed by atoms with Crippen molar-refractivity contribution < 1.29 is 23.9 Å². The zero-order valence-corrected chi connectivity index (χ0v) is 12.5. The van der Waals surface area contributed by atoms with Gasteiger partial charge in [-0.15, -0.1) is 0 Å². The number of hydrogen-bond donors (Lipinski definition) is 0. The fraction of sp³-hybridized carbons (Fsp3) is 0.769. The van der Waals surface area contributed by atoms with Crippen LogP contribution in [-0.2, 0) is 19.1 Å². The minimum Gasteiger partial charge on any atom is -0.459 e. The van der Waals surface area contributed by atoms with Gasteiger partial charge in [0.05, 0.1) is 6.54 Å². The van der Waals surface area contributed by atoms with Gasteiger partial charge in [0, 0.05) is 0 Å². The van der Waals surface area contributed by atoms with Gasteiger partial charge in [0.2, 0.25) is 0 Å². The van der Waals surface area contributed by atoms with Gasteiger partial charge in [0.1, 0.15) is 24.0 Å². The first-order valence-corrected chi connectivity index (χ1v) is 6.08. The van der Waals surface area contributed by atoms with Crippen molar-refractivity contribution in [1.82, 2.24) is 4.90 Å². The molecule has 0 atom stereocenters. The van der Waals surface area contributed by atoms with Gasteiger partial charge in [-0.1, -0.05) is 0 Å². The lowest BCUT2D eigenvalue weighted by Crippen LogP contribution is -2.42. The van der Waals surface area contributed by atoms with Crippen LogP contribution in [0.5, 0.6) is 0 Å². The average molecular weight is 273 g/mol. The molecule has 0 spiro atoms. The lowest BCUT2D eigenvalue weighted by Gasteiger charge is -2.27. The summed E-state index contributed by atoms with van der Waals surface area (Å²) in [5.74, 6) is -0.583. The Morgan fingerprint density at radius 1 is 1.00 bits per heavy atom. The van der Waals surface area contributed by atoms with Crippen molar-refractivity contribution in [2.75, 3.05) is 13.1 Å². The van der Waals surface area contributed by atoms with Gasteiger partial charge in [0.15, 0.2) is 0 Å². The molecule has 0 aromatic carbocycles. The average Bonchev–Trinajstić information content (AvgIpc) is 2.10. The third-order valence-corrected chi connectivity index (χ3v) is 1.69. The number of amides is 1. The summed E-state index contributed by atoms with van der Waals surface area (Å²) in [6, 6.07) is 0. The van der Waals surface area contributed by atoms with E-state index in [1.54, 1.807) is 41.5 Å². The molecule has 0 heterocycles. The number of rotatable bonds is 4. The third-order valence-electron chi connectivity index (χ3n) is 1.69. The van der Waals surface area contributed by atoms with Crippen LogP contribution >= 0.6 is 0 Å². The third kappa shape index (κ3) is 9.04. The molecular weight excluding hydrogens is 250 g/mol. The Bertz CT molecular complexity index is 338. The normalized spacial score (nSPS) is 11.7. The van der Waals surface area contributed by atoms with E-state index in [2.05, 4.69) is 0 Å². The molecule has 0 rings (SSSR count). The molecule has 0 aliphatic carbocycles. The molecule has 1 amide bonds. The molecule has 0 aromatic rings. The first-order chi connectivity index (χ1) is 8.44. The van der Waals surface area contributed by atoms with E-state index in [0.29, 0.717) is 6.29 Å². The predicted octanol–water partition coefficient (Wildman–Crippen LogP) is 1.76. The molecule has 0 radical (unpaired) electrons. The molecule has 0 N–H and O–H groups in total. The topological polar surface area (TPSA) is 72.9 Å². The minimum absolute atomic E-state index is 0.214. The van der Waals surface area contributed by atoms with Crippen LogP contribution in [-0.4, -0.2) is 47.5 Å². The summed E-state index contributed by atoms with van der Waals surface area (Å²) in [6.45, 7) is 9.76. The van der Waals surface area contributed by atoms with E-state index in [-0.39, 0.29) is 13.1 Å². The van der Waals surface area contributed by atoms with Crippen LogP contribution in [0, 0.1) is 0 Å². The second-order valence-electron chi connectivity index (χ2n) is 6.11. The number of nitrogens with zero attached hydrogens (tertiary/aromatic N) is 1. The molecule has 6 nitrogen and oxygen atoms in total. The van der Waals surface area contributed by atoms with E-state index in [1.165, 1.54) is 0 Å². The van der Waals surface area contributed by atoms with E-state index in [4.69, 9.17) is 9.47 Å². The van der Waals surface area contributed by atoms with Crippen LogP contribution < -0.4 is 0 Å². The molecule has 0 aliphatic heterocycles. The molecule has 0 saturated heterocycles. The van der Waals surface area contributed by atoms with Gasteiger partial charge < -0.3 is 14.3 Å². The molecule has 0 aromatic heterocycles. The molecule has 6 heteroatoms. The van der Waals surface area contributed by atoms with Crippen molar-refractivity contribution >= 4 is 18.3 Å². The van der Waals surface area contributed by atoms with Crippen molar-refractivity contribution in [3.8, 4) is 0 Å². The Hall–Kier alpha value is -1.59. The number of aldehydes is 1. The number of carbonyl (C=O) groups excluding carboxylic acids is 3. The van der Waals surface area contributed by atoms with E-state index in [0.717, 1.165) is 4.90 Å². The maximum atomic E-state index is 11.8. The molecule has 110 valence electrons. The van der Waals surface area contributed by atoms with Crippen LogP contribution in [0.2, 0.25) is 0 Å².